The summed E-state index contributed by atoms with van der Waals surface area (Å²) >= 11 is 0. The Labute approximate surface area is 91.3 Å². The highest BCUT2D eigenvalue weighted by Gasteiger charge is 2.15. The molecule has 0 aliphatic rings. The first-order valence-corrected chi connectivity index (χ1v) is 4.64. The molecule has 1 heterocycles. The summed E-state index contributed by atoms with van der Waals surface area (Å²) in [4.78, 5) is 24.3. The van der Waals surface area contributed by atoms with Gasteiger partial charge in [-0.05, 0) is 12.5 Å². The normalized spacial score (nSPS) is 11.8. The summed E-state index contributed by atoms with van der Waals surface area (Å²) in [5.74, 6) is -0.678. The molecule has 16 heavy (non-hydrogen) atoms. The highest BCUT2D eigenvalue weighted by Crippen LogP contribution is 2.13. The van der Waals surface area contributed by atoms with Gasteiger partial charge in [0.25, 0.3) is 5.69 Å². The molecular weight excluding hydrogens is 214 g/mol. The molecule has 1 rings (SSSR count). The average molecular weight is 225 g/mol. The van der Waals surface area contributed by atoms with Crippen LogP contribution in [0.25, 0.3) is 0 Å². The third kappa shape index (κ3) is 2.91. The second-order valence-electron chi connectivity index (χ2n) is 3.10. The zero-order valence-electron chi connectivity index (χ0n) is 8.58. The van der Waals surface area contributed by atoms with Crippen LogP contribution in [0.5, 0.6) is 0 Å². The average Bonchev–Trinajstić information content (AvgIpc) is 2.26. The number of nitro groups is 1. The maximum Gasteiger partial charge on any atom is 0.326 e. The van der Waals surface area contributed by atoms with Crippen molar-refractivity contribution in [1.82, 2.24) is 4.98 Å². The lowest BCUT2D eigenvalue weighted by molar-refractivity contribution is -0.385. The van der Waals surface area contributed by atoms with E-state index in [1.54, 1.807) is 6.92 Å². The largest absolute Gasteiger partial charge is 0.480 e. The number of carbonyl (C=O) groups is 1. The van der Waals surface area contributed by atoms with E-state index in [-0.39, 0.29) is 5.69 Å². The van der Waals surface area contributed by atoms with Gasteiger partial charge >= 0.3 is 5.97 Å². The summed E-state index contributed by atoms with van der Waals surface area (Å²) in [6, 6.07) is 1.90. The van der Waals surface area contributed by atoms with Crippen molar-refractivity contribution < 1.29 is 14.8 Å². The van der Waals surface area contributed by atoms with Crippen molar-refractivity contribution in [3.05, 3.63) is 28.4 Å². The van der Waals surface area contributed by atoms with Crippen LogP contribution in [0.15, 0.2) is 18.3 Å². The molecule has 0 aliphatic heterocycles. The number of nitrogens with one attached hydrogen (secondary N) is 1. The minimum atomic E-state index is -0.984. The maximum atomic E-state index is 10.7. The molecule has 2 N–H and O–H groups in total. The zero-order chi connectivity index (χ0) is 12.1. The number of hydrogen-bond donors (Lipinski definition) is 2. The van der Waals surface area contributed by atoms with E-state index >= 15 is 0 Å². The van der Waals surface area contributed by atoms with Crippen molar-refractivity contribution in [3.8, 4) is 0 Å². The summed E-state index contributed by atoms with van der Waals surface area (Å²) < 4.78 is 0. The minimum absolute atomic E-state index is 0.131. The van der Waals surface area contributed by atoms with Gasteiger partial charge in [-0.25, -0.2) is 9.78 Å². The fourth-order valence-electron chi connectivity index (χ4n) is 1.10. The van der Waals surface area contributed by atoms with Crippen LogP contribution in [0, 0.1) is 10.1 Å². The van der Waals surface area contributed by atoms with Crippen LogP contribution in [-0.4, -0.2) is 27.0 Å². The standard InChI is InChI=1S/C9H11N3O4/c1-2-7(9(13)14)11-8-4-3-6(5-10-8)12(15)16/h3-5,7H,2H2,1H3,(H,10,11)(H,13,14). The van der Waals surface area contributed by atoms with E-state index in [0.717, 1.165) is 6.20 Å². The van der Waals surface area contributed by atoms with Crippen molar-refractivity contribution in [2.75, 3.05) is 5.32 Å². The molecule has 0 aliphatic carbocycles. The molecule has 1 atom stereocenters. The molecule has 0 saturated heterocycles. The van der Waals surface area contributed by atoms with E-state index in [4.69, 9.17) is 5.11 Å². The summed E-state index contributed by atoms with van der Waals surface area (Å²) in [6.07, 6.45) is 1.48. The molecule has 0 radical (unpaired) electrons. The number of nitrogens with zero attached hydrogens (tertiary/aromatic N) is 2. The van der Waals surface area contributed by atoms with Gasteiger partial charge in [-0.2, -0.15) is 0 Å². The van der Waals surface area contributed by atoms with E-state index in [2.05, 4.69) is 10.3 Å². The first-order valence-electron chi connectivity index (χ1n) is 4.64. The number of carboxylic acid groups (broad SMARTS) is 1. The van der Waals surface area contributed by atoms with Gasteiger partial charge < -0.3 is 10.4 Å². The van der Waals surface area contributed by atoms with E-state index < -0.39 is 16.9 Å². The smallest absolute Gasteiger partial charge is 0.326 e. The van der Waals surface area contributed by atoms with Gasteiger partial charge in [-0.3, -0.25) is 10.1 Å². The van der Waals surface area contributed by atoms with Crippen molar-refractivity contribution in [3.63, 3.8) is 0 Å². The fraction of sp³-hybridized carbons (Fsp3) is 0.333. The lowest BCUT2D eigenvalue weighted by Gasteiger charge is -2.11. The molecule has 0 amide bonds. The van der Waals surface area contributed by atoms with Gasteiger partial charge in [0.1, 0.15) is 18.1 Å². The van der Waals surface area contributed by atoms with E-state index in [1.807, 2.05) is 0 Å². The molecule has 0 spiro atoms. The molecular formula is C9H11N3O4. The van der Waals surface area contributed by atoms with Crippen LogP contribution in [0.1, 0.15) is 13.3 Å². The molecule has 0 fully saturated rings. The van der Waals surface area contributed by atoms with Crippen LogP contribution in [0.2, 0.25) is 0 Å². The monoisotopic (exact) mass is 225 g/mol. The van der Waals surface area contributed by atoms with Gasteiger partial charge in [-0.1, -0.05) is 6.92 Å². The first-order chi connectivity index (χ1) is 7.54. The number of anilines is 1. The summed E-state index contributed by atoms with van der Waals surface area (Å²) in [5.41, 5.74) is -0.131. The summed E-state index contributed by atoms with van der Waals surface area (Å²) in [6.45, 7) is 1.72. The number of rotatable bonds is 5. The number of aliphatic carboxylic acids is 1. The SMILES string of the molecule is CCC(Nc1ccc([N+](=O)[O-])cn1)C(=O)O. The lowest BCUT2D eigenvalue weighted by Crippen LogP contribution is -2.28. The predicted octanol–water partition coefficient (Wildman–Crippen LogP) is 1.26. The van der Waals surface area contributed by atoms with E-state index in [1.165, 1.54) is 12.1 Å². The highest BCUT2D eigenvalue weighted by molar-refractivity contribution is 5.76. The molecule has 1 aromatic heterocycles. The van der Waals surface area contributed by atoms with Crippen LogP contribution < -0.4 is 5.32 Å². The van der Waals surface area contributed by atoms with E-state index in [0.29, 0.717) is 12.2 Å². The third-order valence-corrected chi connectivity index (χ3v) is 1.99. The Morgan fingerprint density at radius 1 is 1.69 bits per heavy atom. The summed E-state index contributed by atoms with van der Waals surface area (Å²) in [5, 5.41) is 21.8. The second-order valence-corrected chi connectivity index (χ2v) is 3.10. The molecule has 86 valence electrons. The maximum absolute atomic E-state index is 10.7. The molecule has 7 nitrogen and oxygen atoms in total. The molecule has 1 unspecified atom stereocenters. The number of pyridine rings is 1. The molecule has 1 aromatic rings. The van der Waals surface area contributed by atoms with Crippen molar-refractivity contribution in [2.24, 2.45) is 0 Å². The Morgan fingerprint density at radius 2 is 2.38 bits per heavy atom. The number of hydrogen-bond acceptors (Lipinski definition) is 5. The highest BCUT2D eigenvalue weighted by atomic mass is 16.6. The first kappa shape index (κ1) is 11.9. The van der Waals surface area contributed by atoms with Gasteiger partial charge in [0.2, 0.25) is 0 Å². The Hall–Kier alpha value is -2.18. The Balaban J connectivity index is 2.75. The lowest BCUT2D eigenvalue weighted by atomic mass is 10.2. The number of aromatic nitrogens is 1. The van der Waals surface area contributed by atoms with E-state index in [9.17, 15) is 14.9 Å². The third-order valence-electron chi connectivity index (χ3n) is 1.99. The Morgan fingerprint density at radius 3 is 2.75 bits per heavy atom. The Bertz CT molecular complexity index is 390. The van der Waals surface area contributed by atoms with Crippen LogP contribution >= 0.6 is 0 Å². The molecule has 7 heteroatoms. The molecule has 0 aromatic carbocycles. The number of carboxylic acids is 1. The Kier molecular flexibility index (Phi) is 3.76. The molecule has 0 saturated carbocycles. The zero-order valence-corrected chi connectivity index (χ0v) is 8.58. The minimum Gasteiger partial charge on any atom is -0.480 e. The van der Waals surface area contributed by atoms with Gasteiger partial charge in [0.05, 0.1) is 4.92 Å². The van der Waals surface area contributed by atoms with Gasteiger partial charge in [0, 0.05) is 6.07 Å². The van der Waals surface area contributed by atoms with Crippen molar-refractivity contribution in [1.29, 1.82) is 0 Å². The topological polar surface area (TPSA) is 105 Å². The molecule has 0 bridgehead atoms. The van der Waals surface area contributed by atoms with Crippen LogP contribution in [-0.2, 0) is 4.79 Å². The quantitative estimate of drug-likeness (QED) is 0.577. The van der Waals surface area contributed by atoms with Crippen molar-refractivity contribution in [2.45, 2.75) is 19.4 Å². The second kappa shape index (κ2) is 5.06. The van der Waals surface area contributed by atoms with Crippen LogP contribution in [0.4, 0.5) is 11.5 Å². The summed E-state index contributed by atoms with van der Waals surface area (Å²) in [7, 11) is 0. The van der Waals surface area contributed by atoms with Gasteiger partial charge in [0.15, 0.2) is 0 Å². The van der Waals surface area contributed by atoms with Gasteiger partial charge in [-0.15, -0.1) is 0 Å². The van der Waals surface area contributed by atoms with Crippen LogP contribution in [0.3, 0.4) is 0 Å². The van der Waals surface area contributed by atoms with Crippen molar-refractivity contribution >= 4 is 17.5 Å². The predicted molar refractivity (Wildman–Crippen MR) is 56.2 cm³/mol. The fourth-order valence-corrected chi connectivity index (χ4v) is 1.10.